The zero-order chi connectivity index (χ0) is 14.0. The van der Waals surface area contributed by atoms with E-state index in [4.69, 9.17) is 0 Å². The Balaban J connectivity index is 2.57. The fraction of sp³-hybridized carbons (Fsp3) is 0.286. The molecule has 0 aliphatic rings. The molecule has 19 heavy (non-hydrogen) atoms. The molecule has 0 aliphatic carbocycles. The van der Waals surface area contributed by atoms with Crippen molar-refractivity contribution >= 4 is 21.7 Å². The number of aromatic nitrogens is 2. The minimum Gasteiger partial charge on any atom is -0.372 e. The third-order valence-electron chi connectivity index (χ3n) is 2.76. The molecule has 100 valence electrons. The maximum Gasteiger partial charge on any atom is 0.161 e. The third-order valence-corrected chi connectivity index (χ3v) is 3.54. The summed E-state index contributed by atoms with van der Waals surface area (Å²) in [6.07, 6.45) is 0. The lowest BCUT2D eigenvalue weighted by molar-refractivity contribution is 0.628. The van der Waals surface area contributed by atoms with Gasteiger partial charge in [0, 0.05) is 12.6 Å². The van der Waals surface area contributed by atoms with Gasteiger partial charge in [-0.3, -0.25) is 0 Å². The average molecular weight is 324 g/mol. The van der Waals surface area contributed by atoms with Crippen molar-refractivity contribution in [2.45, 2.75) is 19.8 Å². The Labute approximate surface area is 120 Å². The number of anilines is 1. The van der Waals surface area contributed by atoms with Crippen molar-refractivity contribution in [3.8, 4) is 11.4 Å². The van der Waals surface area contributed by atoms with Gasteiger partial charge in [0.25, 0.3) is 0 Å². The smallest absolute Gasteiger partial charge is 0.161 e. The van der Waals surface area contributed by atoms with Crippen LogP contribution in [0.15, 0.2) is 28.7 Å². The fourth-order valence-electron chi connectivity index (χ4n) is 1.74. The van der Waals surface area contributed by atoms with Crippen LogP contribution in [0, 0.1) is 5.82 Å². The van der Waals surface area contributed by atoms with Crippen molar-refractivity contribution in [2.75, 3.05) is 12.4 Å². The molecule has 0 fully saturated rings. The second kappa shape index (κ2) is 5.65. The quantitative estimate of drug-likeness (QED) is 0.919. The van der Waals surface area contributed by atoms with Crippen LogP contribution in [0.2, 0.25) is 0 Å². The molecule has 0 saturated heterocycles. The molecule has 0 unspecified atom stereocenters. The van der Waals surface area contributed by atoms with Gasteiger partial charge in [-0.25, -0.2) is 14.4 Å². The van der Waals surface area contributed by atoms with Crippen molar-refractivity contribution in [1.29, 1.82) is 0 Å². The van der Waals surface area contributed by atoms with Crippen LogP contribution in [0.5, 0.6) is 0 Å². The molecule has 1 aromatic heterocycles. The predicted molar refractivity (Wildman–Crippen MR) is 78.8 cm³/mol. The van der Waals surface area contributed by atoms with E-state index in [0.717, 1.165) is 21.5 Å². The highest BCUT2D eigenvalue weighted by atomic mass is 79.9. The number of nitrogens with one attached hydrogen (secondary N) is 1. The SMILES string of the molecule is CNc1nc(-c2ccc(F)cc2)nc(C(C)C)c1Br. The molecular formula is C14H15BrFN3. The van der Waals surface area contributed by atoms with E-state index in [1.807, 2.05) is 7.05 Å². The molecule has 0 bridgehead atoms. The number of halogens is 2. The number of hydrogen-bond acceptors (Lipinski definition) is 3. The van der Waals surface area contributed by atoms with Crippen LogP contribution in [0.4, 0.5) is 10.2 Å². The fourth-order valence-corrected chi connectivity index (χ4v) is 2.57. The van der Waals surface area contributed by atoms with Crippen LogP contribution in [0.3, 0.4) is 0 Å². The minimum absolute atomic E-state index is 0.265. The summed E-state index contributed by atoms with van der Waals surface area (Å²) in [4.78, 5) is 9.00. The second-order valence-electron chi connectivity index (χ2n) is 4.51. The lowest BCUT2D eigenvalue weighted by Gasteiger charge is -2.13. The monoisotopic (exact) mass is 323 g/mol. The third kappa shape index (κ3) is 2.92. The van der Waals surface area contributed by atoms with Crippen LogP contribution < -0.4 is 5.32 Å². The summed E-state index contributed by atoms with van der Waals surface area (Å²) in [5.41, 5.74) is 1.73. The van der Waals surface area contributed by atoms with Crippen molar-refractivity contribution in [2.24, 2.45) is 0 Å². The van der Waals surface area contributed by atoms with Gasteiger partial charge in [-0.05, 0) is 46.1 Å². The number of hydrogen-bond donors (Lipinski definition) is 1. The lowest BCUT2D eigenvalue weighted by atomic mass is 10.1. The van der Waals surface area contributed by atoms with Gasteiger partial charge in [0.15, 0.2) is 5.82 Å². The Hall–Kier alpha value is -1.49. The molecule has 1 aromatic carbocycles. The number of rotatable bonds is 3. The predicted octanol–water partition coefficient (Wildman–Crippen LogP) is 4.21. The van der Waals surface area contributed by atoms with Gasteiger partial charge in [0.2, 0.25) is 0 Å². The molecule has 2 rings (SSSR count). The second-order valence-corrected chi connectivity index (χ2v) is 5.30. The van der Waals surface area contributed by atoms with E-state index in [2.05, 4.69) is 45.1 Å². The Morgan fingerprint density at radius 3 is 2.32 bits per heavy atom. The van der Waals surface area contributed by atoms with Crippen molar-refractivity contribution in [1.82, 2.24) is 9.97 Å². The van der Waals surface area contributed by atoms with Gasteiger partial charge in [-0.1, -0.05) is 13.8 Å². The molecule has 2 aromatic rings. The maximum absolute atomic E-state index is 13.0. The number of benzene rings is 1. The molecule has 5 heteroatoms. The normalized spacial score (nSPS) is 10.8. The first-order chi connectivity index (χ1) is 9.02. The standard InChI is InChI=1S/C14H15BrFN3/c1-8(2)12-11(15)14(17-3)19-13(18-12)9-4-6-10(16)7-5-9/h4-8H,1-3H3,(H,17,18,19). The first kappa shape index (κ1) is 13.9. The molecular weight excluding hydrogens is 309 g/mol. The molecule has 0 aliphatic heterocycles. The van der Waals surface area contributed by atoms with Crippen LogP contribution in [0.25, 0.3) is 11.4 Å². The zero-order valence-corrected chi connectivity index (χ0v) is 12.6. The average Bonchev–Trinajstić information content (AvgIpc) is 2.39. The zero-order valence-electron chi connectivity index (χ0n) is 11.0. The van der Waals surface area contributed by atoms with E-state index in [9.17, 15) is 4.39 Å². The molecule has 3 nitrogen and oxygen atoms in total. The van der Waals surface area contributed by atoms with Crippen molar-refractivity contribution in [3.63, 3.8) is 0 Å². The van der Waals surface area contributed by atoms with Crippen LogP contribution in [-0.4, -0.2) is 17.0 Å². The van der Waals surface area contributed by atoms with Gasteiger partial charge in [0.05, 0.1) is 10.2 Å². The Bertz CT molecular complexity index is 582. The first-order valence-electron chi connectivity index (χ1n) is 6.04. The highest BCUT2D eigenvalue weighted by Gasteiger charge is 2.15. The van der Waals surface area contributed by atoms with Crippen LogP contribution in [-0.2, 0) is 0 Å². The van der Waals surface area contributed by atoms with Gasteiger partial charge in [-0.15, -0.1) is 0 Å². The van der Waals surface area contributed by atoms with E-state index >= 15 is 0 Å². The van der Waals surface area contributed by atoms with E-state index in [1.54, 1.807) is 12.1 Å². The largest absolute Gasteiger partial charge is 0.372 e. The Morgan fingerprint density at radius 1 is 1.16 bits per heavy atom. The summed E-state index contributed by atoms with van der Waals surface area (Å²) < 4.78 is 13.8. The van der Waals surface area contributed by atoms with Gasteiger partial charge in [0.1, 0.15) is 11.6 Å². The molecule has 0 atom stereocenters. The molecule has 1 heterocycles. The first-order valence-corrected chi connectivity index (χ1v) is 6.83. The molecule has 0 amide bonds. The van der Waals surface area contributed by atoms with Gasteiger partial charge in [-0.2, -0.15) is 0 Å². The molecule has 0 saturated carbocycles. The summed E-state index contributed by atoms with van der Waals surface area (Å²) >= 11 is 3.51. The van der Waals surface area contributed by atoms with Crippen LogP contribution in [0.1, 0.15) is 25.5 Å². The summed E-state index contributed by atoms with van der Waals surface area (Å²) in [6, 6.07) is 6.19. The maximum atomic E-state index is 13.0. The topological polar surface area (TPSA) is 37.8 Å². The van der Waals surface area contributed by atoms with Gasteiger partial charge >= 0.3 is 0 Å². The summed E-state index contributed by atoms with van der Waals surface area (Å²) in [6.45, 7) is 4.14. The molecule has 0 spiro atoms. The Morgan fingerprint density at radius 2 is 1.79 bits per heavy atom. The summed E-state index contributed by atoms with van der Waals surface area (Å²) in [5, 5.41) is 3.04. The Kier molecular flexibility index (Phi) is 4.14. The van der Waals surface area contributed by atoms with Crippen LogP contribution >= 0.6 is 15.9 Å². The van der Waals surface area contributed by atoms with E-state index < -0.39 is 0 Å². The lowest BCUT2D eigenvalue weighted by Crippen LogP contribution is -2.04. The number of nitrogens with zero attached hydrogens (tertiary/aromatic N) is 2. The van der Waals surface area contributed by atoms with Crippen molar-refractivity contribution < 1.29 is 4.39 Å². The minimum atomic E-state index is -0.265. The van der Waals surface area contributed by atoms with Gasteiger partial charge < -0.3 is 5.32 Å². The van der Waals surface area contributed by atoms with E-state index in [1.165, 1.54) is 12.1 Å². The summed E-state index contributed by atoms with van der Waals surface area (Å²) in [5.74, 6) is 1.33. The molecule has 0 radical (unpaired) electrons. The van der Waals surface area contributed by atoms with E-state index in [0.29, 0.717) is 5.82 Å². The van der Waals surface area contributed by atoms with E-state index in [-0.39, 0.29) is 11.7 Å². The highest BCUT2D eigenvalue weighted by Crippen LogP contribution is 2.31. The summed E-state index contributed by atoms with van der Waals surface area (Å²) in [7, 11) is 1.81. The molecule has 1 N–H and O–H groups in total. The highest BCUT2D eigenvalue weighted by molar-refractivity contribution is 9.10. The van der Waals surface area contributed by atoms with Crippen molar-refractivity contribution in [3.05, 3.63) is 40.2 Å².